The van der Waals surface area contributed by atoms with E-state index in [9.17, 15) is 0 Å². The van der Waals surface area contributed by atoms with Gasteiger partial charge in [-0.05, 0) is 0 Å². The average Bonchev–Trinajstić information content (AvgIpc) is 1.95. The van der Waals surface area contributed by atoms with Gasteiger partial charge in [-0.15, -0.1) is 0 Å². The first-order valence-electron chi connectivity index (χ1n) is 3.01. The van der Waals surface area contributed by atoms with Crippen molar-refractivity contribution in [3.8, 4) is 0 Å². The highest BCUT2D eigenvalue weighted by atomic mass is 16.5. The van der Waals surface area contributed by atoms with Crippen molar-refractivity contribution in [1.82, 2.24) is 0 Å². The molecule has 60 valence electrons. The molecule has 0 aromatic carbocycles. The van der Waals surface area contributed by atoms with Gasteiger partial charge in [-0.25, -0.2) is 0 Å². The van der Waals surface area contributed by atoms with E-state index in [1.54, 1.807) is 0 Å². The Hall–Kier alpha value is -0.200. The first kappa shape index (κ1) is 7.90. The number of rotatable bonds is 0. The summed E-state index contributed by atoms with van der Waals surface area (Å²) >= 11 is 0. The summed E-state index contributed by atoms with van der Waals surface area (Å²) in [5.41, 5.74) is 5.09. The normalized spacial score (nSPS) is 30.9. The fraction of sp³-hybridized carbons (Fsp3) is 1.00. The largest absolute Gasteiger partial charge is 0.364 e. The Morgan fingerprint density at radius 2 is 1.30 bits per heavy atom. The second-order valence-corrected chi connectivity index (χ2v) is 2.73. The minimum absolute atomic E-state index is 0.110. The molecule has 6 N–H and O–H groups in total. The monoisotopic (exact) mass is 149 g/mol. The predicted molar refractivity (Wildman–Crippen MR) is 31.5 cm³/mol. The van der Waals surface area contributed by atoms with Crippen molar-refractivity contribution in [2.75, 3.05) is 0 Å². The minimum Gasteiger partial charge on any atom is -0.364 e. The molecule has 0 bridgehead atoms. The summed E-state index contributed by atoms with van der Waals surface area (Å²) in [7, 11) is 0. The molecule has 0 amide bonds. The van der Waals surface area contributed by atoms with Crippen LogP contribution in [-0.4, -0.2) is 38.0 Å². The van der Waals surface area contributed by atoms with Crippen LogP contribution in [0.1, 0.15) is 12.8 Å². The molecule has 0 aromatic heterocycles. The van der Waals surface area contributed by atoms with E-state index < -0.39 is 17.6 Å². The van der Waals surface area contributed by atoms with E-state index in [0.717, 1.165) is 0 Å². The maximum Gasteiger partial charge on any atom is 0.183 e. The fourth-order valence-corrected chi connectivity index (χ4v) is 1.05. The molecule has 10 heavy (non-hydrogen) atoms. The molecule has 1 aliphatic carbocycles. The lowest BCUT2D eigenvalue weighted by Crippen LogP contribution is -2.55. The molecule has 5 nitrogen and oxygen atoms in total. The van der Waals surface area contributed by atoms with Gasteiger partial charge >= 0.3 is 0 Å². The molecule has 0 aromatic rings. The van der Waals surface area contributed by atoms with Crippen molar-refractivity contribution >= 4 is 0 Å². The average molecular weight is 149 g/mol. The third-order valence-corrected chi connectivity index (χ3v) is 1.86. The van der Waals surface area contributed by atoms with Crippen LogP contribution in [0.2, 0.25) is 0 Å². The molecule has 0 atom stereocenters. The second-order valence-electron chi connectivity index (χ2n) is 2.73. The highest BCUT2D eigenvalue weighted by molar-refractivity contribution is 4.97. The van der Waals surface area contributed by atoms with E-state index in [1.807, 2.05) is 0 Å². The smallest absolute Gasteiger partial charge is 0.183 e. The van der Waals surface area contributed by atoms with Crippen molar-refractivity contribution in [1.29, 1.82) is 0 Å². The van der Waals surface area contributed by atoms with Gasteiger partial charge in [-0.2, -0.15) is 0 Å². The van der Waals surface area contributed by atoms with Crippen molar-refractivity contribution < 1.29 is 20.4 Å². The SMILES string of the molecule is NC1C(O)(O)CCC1(O)O. The van der Waals surface area contributed by atoms with Crippen LogP contribution in [0.15, 0.2) is 0 Å². The van der Waals surface area contributed by atoms with Crippen molar-refractivity contribution in [3.05, 3.63) is 0 Å². The first-order valence-corrected chi connectivity index (χ1v) is 3.01. The summed E-state index contributed by atoms with van der Waals surface area (Å²) in [6, 6.07) is -1.40. The van der Waals surface area contributed by atoms with Gasteiger partial charge in [0.1, 0.15) is 6.04 Å². The van der Waals surface area contributed by atoms with E-state index in [1.165, 1.54) is 0 Å². The summed E-state index contributed by atoms with van der Waals surface area (Å²) in [5, 5.41) is 35.6. The Bertz CT molecular complexity index is 129. The summed E-state index contributed by atoms with van der Waals surface area (Å²) in [5.74, 6) is -4.27. The first-order chi connectivity index (χ1) is 4.36. The third-order valence-electron chi connectivity index (χ3n) is 1.86. The van der Waals surface area contributed by atoms with E-state index in [0.29, 0.717) is 0 Å². The van der Waals surface area contributed by atoms with Gasteiger partial charge in [-0.3, -0.25) is 0 Å². The van der Waals surface area contributed by atoms with Gasteiger partial charge in [0, 0.05) is 12.8 Å². The van der Waals surface area contributed by atoms with Crippen LogP contribution in [0.4, 0.5) is 0 Å². The van der Waals surface area contributed by atoms with Gasteiger partial charge in [-0.1, -0.05) is 0 Å². The molecule has 5 heteroatoms. The zero-order valence-corrected chi connectivity index (χ0v) is 5.36. The Kier molecular flexibility index (Phi) is 1.50. The maximum atomic E-state index is 8.91. The number of aliphatic hydroxyl groups is 4. The zero-order chi connectivity index (χ0) is 7.99. The van der Waals surface area contributed by atoms with Crippen LogP contribution in [-0.2, 0) is 0 Å². The molecule has 0 spiro atoms. The molecule has 1 fully saturated rings. The lowest BCUT2D eigenvalue weighted by Gasteiger charge is -2.26. The van der Waals surface area contributed by atoms with Crippen LogP contribution in [0.25, 0.3) is 0 Å². The molecule has 0 heterocycles. The minimum atomic E-state index is -2.14. The highest BCUT2D eigenvalue weighted by Crippen LogP contribution is 2.32. The van der Waals surface area contributed by atoms with E-state index in [4.69, 9.17) is 26.2 Å². The van der Waals surface area contributed by atoms with Crippen LogP contribution < -0.4 is 5.73 Å². The maximum absolute atomic E-state index is 8.91. The molecule has 0 saturated heterocycles. The van der Waals surface area contributed by atoms with Crippen molar-refractivity contribution in [2.45, 2.75) is 30.5 Å². The fourth-order valence-electron chi connectivity index (χ4n) is 1.05. The quantitative estimate of drug-likeness (QED) is 0.244. The van der Waals surface area contributed by atoms with Crippen LogP contribution in [0.3, 0.4) is 0 Å². The van der Waals surface area contributed by atoms with Crippen LogP contribution in [0.5, 0.6) is 0 Å². The second kappa shape index (κ2) is 1.90. The Morgan fingerprint density at radius 3 is 1.40 bits per heavy atom. The molecule has 1 saturated carbocycles. The number of hydrogen-bond donors (Lipinski definition) is 5. The Balaban J connectivity index is 2.77. The molecule has 1 aliphatic rings. The van der Waals surface area contributed by atoms with Gasteiger partial charge in [0.25, 0.3) is 0 Å². The lowest BCUT2D eigenvalue weighted by molar-refractivity contribution is -0.224. The number of nitrogens with two attached hydrogens (primary N) is 1. The van der Waals surface area contributed by atoms with Gasteiger partial charge in [0.05, 0.1) is 0 Å². The van der Waals surface area contributed by atoms with E-state index in [2.05, 4.69) is 0 Å². The standard InChI is InChI=1S/C5H11NO4/c6-3-4(7,8)1-2-5(3,9)10/h3,7-10H,1-2,6H2. The van der Waals surface area contributed by atoms with Gasteiger partial charge < -0.3 is 26.2 Å². The van der Waals surface area contributed by atoms with Crippen LogP contribution >= 0.6 is 0 Å². The van der Waals surface area contributed by atoms with Gasteiger partial charge in [0.15, 0.2) is 11.6 Å². The Labute approximate surface area is 57.7 Å². The molecular weight excluding hydrogens is 138 g/mol. The van der Waals surface area contributed by atoms with Crippen molar-refractivity contribution in [3.63, 3.8) is 0 Å². The third kappa shape index (κ3) is 1.02. The Morgan fingerprint density at radius 1 is 1.00 bits per heavy atom. The van der Waals surface area contributed by atoms with E-state index >= 15 is 0 Å². The zero-order valence-electron chi connectivity index (χ0n) is 5.36. The summed E-state index contributed by atoms with van der Waals surface area (Å²) < 4.78 is 0. The van der Waals surface area contributed by atoms with Crippen LogP contribution in [0, 0.1) is 0 Å². The van der Waals surface area contributed by atoms with Crippen molar-refractivity contribution in [2.24, 2.45) is 5.73 Å². The lowest BCUT2D eigenvalue weighted by atomic mass is 10.1. The molecule has 1 rings (SSSR count). The molecular formula is C5H11NO4. The predicted octanol–water partition coefficient (Wildman–Crippen LogP) is -2.53. The topological polar surface area (TPSA) is 107 Å². The summed E-state index contributed by atoms with van der Waals surface area (Å²) in [6.07, 6.45) is -0.220. The summed E-state index contributed by atoms with van der Waals surface area (Å²) in [4.78, 5) is 0. The van der Waals surface area contributed by atoms with Gasteiger partial charge in [0.2, 0.25) is 0 Å². The molecule has 0 radical (unpaired) electrons. The molecule has 0 aliphatic heterocycles. The summed E-state index contributed by atoms with van der Waals surface area (Å²) in [6.45, 7) is 0. The molecule has 0 unspecified atom stereocenters. The highest BCUT2D eigenvalue weighted by Gasteiger charge is 2.52. The number of hydrogen-bond acceptors (Lipinski definition) is 5. The van der Waals surface area contributed by atoms with E-state index in [-0.39, 0.29) is 12.8 Å².